The highest BCUT2D eigenvalue weighted by molar-refractivity contribution is 7.13. The summed E-state index contributed by atoms with van der Waals surface area (Å²) in [4.78, 5) is 4.42. The van der Waals surface area contributed by atoms with E-state index >= 15 is 0 Å². The van der Waals surface area contributed by atoms with E-state index in [1.165, 1.54) is 49.9 Å². The Balaban J connectivity index is 1.49. The van der Waals surface area contributed by atoms with E-state index in [0.29, 0.717) is 6.04 Å². The Bertz CT molecular complexity index is 605. The van der Waals surface area contributed by atoms with Gasteiger partial charge in [-0.05, 0) is 50.3 Å². The van der Waals surface area contributed by atoms with Crippen molar-refractivity contribution in [1.29, 1.82) is 0 Å². The zero-order valence-electron chi connectivity index (χ0n) is 12.8. The second-order valence-corrected chi connectivity index (χ2v) is 7.36. The van der Waals surface area contributed by atoms with Crippen molar-refractivity contribution in [3.63, 3.8) is 0 Å². The van der Waals surface area contributed by atoms with Crippen LogP contribution in [0.4, 0.5) is 5.69 Å². The highest BCUT2D eigenvalue weighted by atomic mass is 32.1. The van der Waals surface area contributed by atoms with Crippen LogP contribution in [0, 0.1) is 5.92 Å². The van der Waals surface area contributed by atoms with Gasteiger partial charge in [0.15, 0.2) is 0 Å². The number of hydrogen-bond acceptors (Lipinski definition) is 4. The molecule has 2 N–H and O–H groups in total. The maximum absolute atomic E-state index is 4.42. The Morgan fingerprint density at radius 3 is 3.00 bits per heavy atom. The van der Waals surface area contributed by atoms with Crippen molar-refractivity contribution < 1.29 is 0 Å². The highest BCUT2D eigenvalue weighted by Crippen LogP contribution is 2.34. The van der Waals surface area contributed by atoms with Crippen molar-refractivity contribution in [1.82, 2.24) is 10.3 Å². The Morgan fingerprint density at radius 1 is 1.18 bits per heavy atom. The van der Waals surface area contributed by atoms with E-state index in [-0.39, 0.29) is 0 Å². The molecule has 1 aliphatic carbocycles. The van der Waals surface area contributed by atoms with E-state index < -0.39 is 0 Å². The summed E-state index contributed by atoms with van der Waals surface area (Å²) < 4.78 is 0. The smallest absolute Gasteiger partial charge is 0.123 e. The zero-order chi connectivity index (χ0) is 14.8. The second-order valence-electron chi connectivity index (χ2n) is 6.47. The van der Waals surface area contributed by atoms with Crippen LogP contribution in [0.15, 0.2) is 35.8 Å². The molecule has 22 heavy (non-hydrogen) atoms. The molecule has 2 aliphatic rings. The molecule has 3 atom stereocenters. The predicted octanol–water partition coefficient (Wildman–Crippen LogP) is 4.14. The first kappa shape index (κ1) is 14.2. The molecule has 2 fully saturated rings. The number of aromatic nitrogens is 1. The van der Waals surface area contributed by atoms with Gasteiger partial charge in [-0.15, -0.1) is 11.3 Å². The van der Waals surface area contributed by atoms with Gasteiger partial charge in [0.1, 0.15) is 5.01 Å². The van der Waals surface area contributed by atoms with E-state index in [1.807, 2.05) is 11.6 Å². The first-order valence-corrected chi connectivity index (χ1v) is 9.28. The lowest BCUT2D eigenvalue weighted by atomic mass is 9.93. The first-order valence-electron chi connectivity index (χ1n) is 8.40. The monoisotopic (exact) mass is 313 g/mol. The van der Waals surface area contributed by atoms with E-state index in [0.717, 1.165) is 17.0 Å². The molecule has 0 bridgehead atoms. The van der Waals surface area contributed by atoms with Crippen LogP contribution in [0.1, 0.15) is 32.1 Å². The highest BCUT2D eigenvalue weighted by Gasteiger charge is 2.34. The van der Waals surface area contributed by atoms with Gasteiger partial charge < -0.3 is 10.6 Å². The summed E-state index contributed by atoms with van der Waals surface area (Å²) in [7, 11) is 0. The molecule has 1 aliphatic heterocycles. The van der Waals surface area contributed by atoms with Crippen molar-refractivity contribution >= 4 is 17.0 Å². The Hall–Kier alpha value is -1.39. The minimum Gasteiger partial charge on any atom is -0.382 e. The van der Waals surface area contributed by atoms with Gasteiger partial charge in [-0.1, -0.05) is 18.6 Å². The van der Waals surface area contributed by atoms with Crippen LogP contribution >= 0.6 is 11.3 Å². The van der Waals surface area contributed by atoms with Crippen LogP contribution in [0.5, 0.6) is 0 Å². The van der Waals surface area contributed by atoms with Gasteiger partial charge >= 0.3 is 0 Å². The van der Waals surface area contributed by atoms with E-state index in [1.54, 1.807) is 11.3 Å². The van der Waals surface area contributed by atoms with Gasteiger partial charge in [0.05, 0.1) is 0 Å². The van der Waals surface area contributed by atoms with Gasteiger partial charge in [-0.3, -0.25) is 0 Å². The molecular weight excluding hydrogens is 290 g/mol. The summed E-state index contributed by atoms with van der Waals surface area (Å²) in [5, 5.41) is 10.6. The number of benzene rings is 1. The molecule has 0 radical (unpaired) electrons. The third-order valence-corrected chi connectivity index (χ3v) is 5.90. The summed E-state index contributed by atoms with van der Waals surface area (Å²) >= 11 is 1.70. The molecule has 4 heteroatoms. The molecule has 1 saturated heterocycles. The van der Waals surface area contributed by atoms with Crippen LogP contribution in [-0.2, 0) is 0 Å². The summed E-state index contributed by atoms with van der Waals surface area (Å²) in [6.07, 6.45) is 8.58. The van der Waals surface area contributed by atoms with Crippen LogP contribution in [0.3, 0.4) is 0 Å². The van der Waals surface area contributed by atoms with Crippen molar-refractivity contribution in [2.45, 2.75) is 44.2 Å². The lowest BCUT2D eigenvalue weighted by molar-refractivity contribution is 0.376. The minimum atomic E-state index is 0.613. The summed E-state index contributed by atoms with van der Waals surface area (Å²) in [5.74, 6) is 0.783. The molecule has 3 nitrogen and oxygen atoms in total. The third-order valence-electron chi connectivity index (χ3n) is 5.08. The number of thiazole rings is 1. The van der Waals surface area contributed by atoms with Crippen molar-refractivity contribution in [2.75, 3.05) is 11.9 Å². The summed E-state index contributed by atoms with van der Waals surface area (Å²) in [6.45, 7) is 1.20. The fraction of sp³-hybridized carbons (Fsp3) is 0.500. The average molecular weight is 313 g/mol. The maximum Gasteiger partial charge on any atom is 0.123 e. The number of nitrogens with one attached hydrogen (secondary N) is 2. The molecule has 0 spiro atoms. The molecule has 1 saturated carbocycles. The minimum absolute atomic E-state index is 0.613. The largest absolute Gasteiger partial charge is 0.382 e. The van der Waals surface area contributed by atoms with Crippen LogP contribution in [0.25, 0.3) is 10.6 Å². The predicted molar refractivity (Wildman–Crippen MR) is 93.3 cm³/mol. The SMILES string of the molecule is c1cc(NC2CCCC2C2CCCN2)cc(-c2nccs2)c1. The van der Waals surface area contributed by atoms with Gasteiger partial charge in [0.2, 0.25) is 0 Å². The first-order chi connectivity index (χ1) is 10.9. The molecule has 4 rings (SSSR count). The Morgan fingerprint density at radius 2 is 2.18 bits per heavy atom. The molecule has 1 aromatic carbocycles. The van der Waals surface area contributed by atoms with Crippen LogP contribution < -0.4 is 10.6 Å². The maximum atomic E-state index is 4.42. The zero-order valence-corrected chi connectivity index (χ0v) is 13.6. The van der Waals surface area contributed by atoms with E-state index in [4.69, 9.17) is 0 Å². The van der Waals surface area contributed by atoms with E-state index in [2.05, 4.69) is 39.9 Å². The Labute approximate surface area is 136 Å². The van der Waals surface area contributed by atoms with Gasteiger partial charge in [-0.2, -0.15) is 0 Å². The lowest BCUT2D eigenvalue weighted by Crippen LogP contribution is -2.38. The van der Waals surface area contributed by atoms with Crippen LogP contribution in [-0.4, -0.2) is 23.6 Å². The average Bonchev–Trinajstić information content (AvgIpc) is 3.29. The number of rotatable bonds is 4. The molecule has 0 amide bonds. The molecular formula is C18H23N3S. The van der Waals surface area contributed by atoms with Crippen molar-refractivity contribution in [2.24, 2.45) is 5.92 Å². The molecule has 3 unspecified atom stereocenters. The van der Waals surface area contributed by atoms with Crippen molar-refractivity contribution in [3.8, 4) is 10.6 Å². The third kappa shape index (κ3) is 2.90. The van der Waals surface area contributed by atoms with E-state index in [9.17, 15) is 0 Å². The van der Waals surface area contributed by atoms with Crippen molar-refractivity contribution in [3.05, 3.63) is 35.8 Å². The van der Waals surface area contributed by atoms with Gasteiger partial charge in [-0.25, -0.2) is 4.98 Å². The second kappa shape index (κ2) is 6.39. The summed E-state index contributed by atoms with van der Waals surface area (Å²) in [5.41, 5.74) is 2.45. The number of hydrogen-bond donors (Lipinski definition) is 2. The fourth-order valence-corrected chi connectivity index (χ4v) is 4.68. The number of anilines is 1. The van der Waals surface area contributed by atoms with Crippen LogP contribution in [0.2, 0.25) is 0 Å². The normalized spacial score (nSPS) is 28.1. The quantitative estimate of drug-likeness (QED) is 0.890. The molecule has 116 valence electrons. The fourth-order valence-electron chi connectivity index (χ4n) is 4.05. The number of nitrogens with zero attached hydrogens (tertiary/aromatic N) is 1. The standard InChI is InChI=1S/C18H23N3S/c1-4-13(18-20-10-11-22-18)12-14(5-1)21-17-7-2-6-15(17)16-8-3-9-19-16/h1,4-5,10-12,15-17,19,21H,2-3,6-9H2. The Kier molecular flexibility index (Phi) is 4.13. The molecule has 1 aromatic heterocycles. The topological polar surface area (TPSA) is 37.0 Å². The van der Waals surface area contributed by atoms with Gasteiger partial charge in [0, 0.05) is 34.9 Å². The molecule has 2 aromatic rings. The lowest BCUT2D eigenvalue weighted by Gasteiger charge is -2.27. The molecule has 2 heterocycles. The summed E-state index contributed by atoms with van der Waals surface area (Å²) in [6, 6.07) is 10.1. The van der Waals surface area contributed by atoms with Gasteiger partial charge in [0.25, 0.3) is 0 Å².